The van der Waals surface area contributed by atoms with E-state index in [9.17, 15) is 4.79 Å². The number of amides is 1. The summed E-state index contributed by atoms with van der Waals surface area (Å²) in [5.41, 5.74) is 6.31. The van der Waals surface area contributed by atoms with Crippen LogP contribution in [0.4, 0.5) is 5.69 Å². The van der Waals surface area contributed by atoms with Crippen LogP contribution in [0.5, 0.6) is 0 Å². The summed E-state index contributed by atoms with van der Waals surface area (Å²) in [5, 5.41) is 3.00. The molecule has 0 bridgehead atoms. The van der Waals surface area contributed by atoms with E-state index in [0.717, 1.165) is 13.0 Å². The van der Waals surface area contributed by atoms with Crippen molar-refractivity contribution in [3.63, 3.8) is 0 Å². The minimum Gasteiger partial charge on any atom is -0.397 e. The van der Waals surface area contributed by atoms with Crippen molar-refractivity contribution in [2.24, 2.45) is 5.92 Å². The maximum atomic E-state index is 11.9. The molecule has 3 N–H and O–H groups in total. The maximum absolute atomic E-state index is 11.9. The van der Waals surface area contributed by atoms with Crippen molar-refractivity contribution in [3.05, 3.63) is 23.0 Å². The minimum atomic E-state index is -0.251. The quantitative estimate of drug-likeness (QED) is 0.815. The van der Waals surface area contributed by atoms with E-state index in [2.05, 4.69) is 10.3 Å². The van der Waals surface area contributed by atoms with Gasteiger partial charge in [0.15, 0.2) is 0 Å². The van der Waals surface area contributed by atoms with E-state index in [4.69, 9.17) is 22.1 Å². The number of nitrogens with two attached hydrogens (primary N) is 1. The van der Waals surface area contributed by atoms with Crippen molar-refractivity contribution in [2.75, 3.05) is 18.9 Å². The first-order valence-corrected chi connectivity index (χ1v) is 6.26. The number of carbonyl (C=O) groups excluding carboxylic acids is 1. The normalized spacial score (nSPS) is 23.0. The number of ether oxygens (including phenoxy) is 1. The average molecular weight is 270 g/mol. The largest absolute Gasteiger partial charge is 0.397 e. The van der Waals surface area contributed by atoms with Gasteiger partial charge < -0.3 is 15.8 Å². The predicted octanol–water partition coefficient (Wildman–Crippen LogP) is 1.47. The van der Waals surface area contributed by atoms with Crippen LogP contribution in [0.25, 0.3) is 0 Å². The Kier molecular flexibility index (Phi) is 4.04. The van der Waals surface area contributed by atoms with E-state index in [0.29, 0.717) is 23.7 Å². The Labute approximate surface area is 111 Å². The highest BCUT2D eigenvalue weighted by atomic mass is 35.5. The fourth-order valence-corrected chi connectivity index (χ4v) is 2.18. The molecule has 0 aromatic carbocycles. The highest BCUT2D eigenvalue weighted by Gasteiger charge is 2.24. The summed E-state index contributed by atoms with van der Waals surface area (Å²) in [4.78, 5) is 15.8. The fourth-order valence-electron chi connectivity index (χ4n) is 1.99. The van der Waals surface area contributed by atoms with Gasteiger partial charge in [0.25, 0.3) is 5.91 Å². The van der Waals surface area contributed by atoms with Gasteiger partial charge in [0, 0.05) is 19.1 Å². The summed E-state index contributed by atoms with van der Waals surface area (Å²) in [6, 6.07) is 1.53. The standard InChI is InChI=1S/C12H16ClN3O2/c1-7-8(2-3-18-7)5-16-12(17)10-4-9(14)6-15-11(10)13/h4,6-8H,2-3,5,14H2,1H3,(H,16,17). The van der Waals surface area contributed by atoms with Crippen molar-refractivity contribution in [3.8, 4) is 0 Å². The Morgan fingerprint density at radius 2 is 2.50 bits per heavy atom. The van der Waals surface area contributed by atoms with E-state index in [-0.39, 0.29) is 17.2 Å². The first-order valence-electron chi connectivity index (χ1n) is 5.88. The molecule has 1 fully saturated rings. The SMILES string of the molecule is CC1OCCC1CNC(=O)c1cc(N)cnc1Cl. The van der Waals surface area contributed by atoms with Crippen LogP contribution in [0.1, 0.15) is 23.7 Å². The number of nitrogen functional groups attached to an aromatic ring is 1. The van der Waals surface area contributed by atoms with Gasteiger partial charge in [-0.2, -0.15) is 0 Å². The van der Waals surface area contributed by atoms with Gasteiger partial charge in [0.1, 0.15) is 5.15 Å². The molecular weight excluding hydrogens is 254 g/mol. The van der Waals surface area contributed by atoms with E-state index in [1.54, 1.807) is 0 Å². The Morgan fingerprint density at radius 3 is 3.17 bits per heavy atom. The number of aromatic nitrogens is 1. The number of carbonyl (C=O) groups is 1. The zero-order valence-electron chi connectivity index (χ0n) is 10.1. The van der Waals surface area contributed by atoms with Gasteiger partial charge in [-0.25, -0.2) is 4.98 Å². The Hall–Kier alpha value is -1.33. The second-order valence-corrected chi connectivity index (χ2v) is 4.80. The van der Waals surface area contributed by atoms with Gasteiger partial charge in [0.05, 0.1) is 23.6 Å². The van der Waals surface area contributed by atoms with Crippen LogP contribution in [0.2, 0.25) is 5.15 Å². The second-order valence-electron chi connectivity index (χ2n) is 4.44. The molecular formula is C12H16ClN3O2. The van der Waals surface area contributed by atoms with Gasteiger partial charge in [-0.15, -0.1) is 0 Å². The van der Waals surface area contributed by atoms with Crippen LogP contribution < -0.4 is 11.1 Å². The molecule has 2 atom stereocenters. The van der Waals surface area contributed by atoms with Crippen molar-refractivity contribution in [1.29, 1.82) is 0 Å². The molecule has 1 aromatic heterocycles. The van der Waals surface area contributed by atoms with Gasteiger partial charge in [-0.3, -0.25) is 4.79 Å². The van der Waals surface area contributed by atoms with Gasteiger partial charge in [0.2, 0.25) is 0 Å². The molecule has 98 valence electrons. The summed E-state index contributed by atoms with van der Waals surface area (Å²) < 4.78 is 5.44. The molecule has 1 saturated heterocycles. The molecule has 1 aromatic rings. The van der Waals surface area contributed by atoms with E-state index in [1.807, 2.05) is 6.92 Å². The molecule has 0 saturated carbocycles. The molecule has 0 aliphatic carbocycles. The zero-order valence-corrected chi connectivity index (χ0v) is 10.9. The Morgan fingerprint density at radius 1 is 1.72 bits per heavy atom. The van der Waals surface area contributed by atoms with E-state index in [1.165, 1.54) is 12.3 Å². The number of anilines is 1. The first-order chi connectivity index (χ1) is 8.58. The summed E-state index contributed by atoms with van der Waals surface area (Å²) in [5.74, 6) is 0.0978. The Bertz CT molecular complexity index is 453. The lowest BCUT2D eigenvalue weighted by molar-refractivity contribution is 0.0907. The molecule has 0 radical (unpaired) electrons. The van der Waals surface area contributed by atoms with Crippen molar-refractivity contribution in [2.45, 2.75) is 19.4 Å². The molecule has 5 nitrogen and oxygen atoms in total. The number of pyridine rings is 1. The molecule has 2 rings (SSSR count). The van der Waals surface area contributed by atoms with Gasteiger partial charge >= 0.3 is 0 Å². The number of hydrogen-bond donors (Lipinski definition) is 2. The zero-order chi connectivity index (χ0) is 13.1. The number of rotatable bonds is 3. The highest BCUT2D eigenvalue weighted by Crippen LogP contribution is 2.20. The number of hydrogen-bond acceptors (Lipinski definition) is 4. The predicted molar refractivity (Wildman–Crippen MR) is 69.5 cm³/mol. The summed E-state index contributed by atoms with van der Waals surface area (Å²) in [7, 11) is 0. The van der Waals surface area contributed by atoms with Gasteiger partial charge in [-0.05, 0) is 19.4 Å². The van der Waals surface area contributed by atoms with Gasteiger partial charge in [-0.1, -0.05) is 11.6 Å². The lowest BCUT2D eigenvalue weighted by Gasteiger charge is -2.15. The molecule has 18 heavy (non-hydrogen) atoms. The summed E-state index contributed by atoms with van der Waals surface area (Å²) in [6.07, 6.45) is 2.57. The average Bonchev–Trinajstić information content (AvgIpc) is 2.75. The third-order valence-corrected chi connectivity index (χ3v) is 3.46. The van der Waals surface area contributed by atoms with Crippen molar-refractivity contribution < 1.29 is 9.53 Å². The molecule has 2 heterocycles. The van der Waals surface area contributed by atoms with Crippen LogP contribution in [0.15, 0.2) is 12.3 Å². The molecule has 1 aliphatic rings. The van der Waals surface area contributed by atoms with Crippen LogP contribution in [0, 0.1) is 5.92 Å². The number of nitrogens with zero attached hydrogens (tertiary/aromatic N) is 1. The van der Waals surface area contributed by atoms with Crippen LogP contribution in [0.3, 0.4) is 0 Å². The van der Waals surface area contributed by atoms with Crippen LogP contribution in [-0.4, -0.2) is 30.1 Å². The summed E-state index contributed by atoms with van der Waals surface area (Å²) >= 11 is 5.86. The third-order valence-electron chi connectivity index (χ3n) is 3.16. The van der Waals surface area contributed by atoms with Crippen LogP contribution >= 0.6 is 11.6 Å². The Balaban J connectivity index is 1.97. The molecule has 0 spiro atoms. The minimum absolute atomic E-state index is 0.164. The van der Waals surface area contributed by atoms with Crippen molar-refractivity contribution in [1.82, 2.24) is 10.3 Å². The highest BCUT2D eigenvalue weighted by molar-refractivity contribution is 6.32. The smallest absolute Gasteiger partial charge is 0.254 e. The summed E-state index contributed by atoms with van der Waals surface area (Å²) in [6.45, 7) is 3.34. The maximum Gasteiger partial charge on any atom is 0.254 e. The van der Waals surface area contributed by atoms with Crippen molar-refractivity contribution >= 4 is 23.2 Å². The fraction of sp³-hybridized carbons (Fsp3) is 0.500. The number of nitrogens with one attached hydrogen (secondary N) is 1. The molecule has 6 heteroatoms. The molecule has 1 amide bonds. The lowest BCUT2D eigenvalue weighted by Crippen LogP contribution is -2.32. The topological polar surface area (TPSA) is 77.2 Å². The lowest BCUT2D eigenvalue weighted by atomic mass is 10.0. The molecule has 2 unspecified atom stereocenters. The number of halogens is 1. The first kappa shape index (κ1) is 13.1. The van der Waals surface area contributed by atoms with Crippen LogP contribution in [-0.2, 0) is 4.74 Å². The van der Waals surface area contributed by atoms with E-state index < -0.39 is 0 Å². The second kappa shape index (κ2) is 5.54. The third kappa shape index (κ3) is 2.91. The van der Waals surface area contributed by atoms with E-state index >= 15 is 0 Å². The monoisotopic (exact) mass is 269 g/mol. The molecule has 1 aliphatic heterocycles.